The molecular formula is C22H21F2N3O3. The summed E-state index contributed by atoms with van der Waals surface area (Å²) in [7, 11) is 0. The van der Waals surface area contributed by atoms with Gasteiger partial charge in [0.25, 0.3) is 0 Å². The Labute approximate surface area is 172 Å². The quantitative estimate of drug-likeness (QED) is 0.651. The zero-order chi connectivity index (χ0) is 21.1. The maximum absolute atomic E-state index is 14.0. The molecule has 156 valence electrons. The Bertz CT molecular complexity index is 1040. The summed E-state index contributed by atoms with van der Waals surface area (Å²) in [6.45, 7) is 0.361. The second-order valence-electron chi connectivity index (χ2n) is 7.17. The zero-order valence-corrected chi connectivity index (χ0v) is 16.0. The number of nitrogens with zero attached hydrogens (tertiary/aromatic N) is 2. The molecule has 1 aliphatic heterocycles. The number of halogens is 2. The van der Waals surface area contributed by atoms with Gasteiger partial charge in [0.05, 0.1) is 24.3 Å². The summed E-state index contributed by atoms with van der Waals surface area (Å²) in [6.07, 6.45) is 2.18. The van der Waals surface area contributed by atoms with Gasteiger partial charge in [0.15, 0.2) is 0 Å². The average molecular weight is 413 g/mol. The summed E-state index contributed by atoms with van der Waals surface area (Å²) in [5.74, 6) is -1.59. The third-order valence-corrected chi connectivity index (χ3v) is 5.16. The van der Waals surface area contributed by atoms with Crippen molar-refractivity contribution < 1.29 is 23.4 Å². The van der Waals surface area contributed by atoms with Crippen molar-refractivity contribution in [3.8, 4) is 5.69 Å². The Kier molecular flexibility index (Phi) is 5.87. The van der Waals surface area contributed by atoms with Crippen LogP contribution in [0, 0.1) is 17.6 Å². The number of hydrogen-bond acceptors (Lipinski definition) is 4. The molecule has 2 aromatic carbocycles. The highest BCUT2D eigenvalue weighted by Crippen LogP contribution is 2.35. The Hall–Kier alpha value is -3.10. The number of aliphatic hydroxyl groups excluding tert-OH is 1. The van der Waals surface area contributed by atoms with Gasteiger partial charge in [-0.05, 0) is 36.2 Å². The van der Waals surface area contributed by atoms with Crippen molar-refractivity contribution in [2.45, 2.75) is 18.6 Å². The smallest absolute Gasteiger partial charge is 0.226 e. The number of aliphatic hydroxyl groups is 1. The van der Waals surface area contributed by atoms with E-state index in [9.17, 15) is 18.7 Å². The minimum absolute atomic E-state index is 0.0417. The van der Waals surface area contributed by atoms with Gasteiger partial charge in [0.2, 0.25) is 5.91 Å². The van der Waals surface area contributed by atoms with Gasteiger partial charge >= 0.3 is 0 Å². The van der Waals surface area contributed by atoms with Crippen LogP contribution in [-0.2, 0) is 9.53 Å². The molecule has 0 saturated carbocycles. The monoisotopic (exact) mass is 413 g/mol. The maximum Gasteiger partial charge on any atom is 0.226 e. The van der Waals surface area contributed by atoms with Crippen LogP contribution in [-0.4, -0.2) is 33.9 Å². The molecule has 8 heteroatoms. The number of aromatic nitrogens is 2. The third kappa shape index (κ3) is 4.24. The number of ether oxygens (including phenoxy) is 1. The van der Waals surface area contributed by atoms with E-state index in [1.807, 2.05) is 0 Å². The first-order valence-electron chi connectivity index (χ1n) is 9.65. The van der Waals surface area contributed by atoms with E-state index in [1.54, 1.807) is 36.7 Å². The minimum atomic E-state index is -1.02. The van der Waals surface area contributed by atoms with Crippen LogP contribution in [0.5, 0.6) is 0 Å². The fourth-order valence-electron chi connectivity index (χ4n) is 3.60. The molecule has 2 heterocycles. The average Bonchev–Trinajstić information content (AvgIpc) is 3.41. The largest absolute Gasteiger partial charge is 0.387 e. The van der Waals surface area contributed by atoms with E-state index >= 15 is 0 Å². The standard InChI is InChI=1S/C22H21F2N3O3/c23-16-5-3-4-14(10-16)20(28)12-25-22(29)17-8-9-30-21(17)15-11-26-27(13-15)19-7-2-1-6-18(19)24/h1-7,10-11,13,17,20-21,28H,8-9,12H2,(H,25,29)/t17-,20-,21+/m0/s1. The molecule has 0 unspecified atom stereocenters. The highest BCUT2D eigenvalue weighted by Gasteiger charge is 2.36. The molecule has 3 aromatic rings. The Morgan fingerprint density at radius 1 is 1.27 bits per heavy atom. The normalized spacial score (nSPS) is 19.6. The molecule has 2 N–H and O–H groups in total. The molecule has 1 fully saturated rings. The predicted molar refractivity (Wildman–Crippen MR) is 105 cm³/mol. The first kappa shape index (κ1) is 20.2. The van der Waals surface area contributed by atoms with Crippen LogP contribution in [0.25, 0.3) is 5.69 Å². The van der Waals surface area contributed by atoms with Crippen molar-refractivity contribution in [3.05, 3.63) is 83.7 Å². The van der Waals surface area contributed by atoms with E-state index in [1.165, 1.54) is 28.9 Å². The first-order valence-corrected chi connectivity index (χ1v) is 9.65. The molecule has 1 saturated heterocycles. The number of para-hydroxylation sites is 1. The third-order valence-electron chi connectivity index (χ3n) is 5.16. The molecule has 1 aliphatic rings. The van der Waals surface area contributed by atoms with Gasteiger partial charge in [-0.3, -0.25) is 4.79 Å². The van der Waals surface area contributed by atoms with Gasteiger partial charge in [-0.25, -0.2) is 13.5 Å². The molecular weight excluding hydrogens is 392 g/mol. The number of carbonyl (C=O) groups is 1. The SMILES string of the molecule is O=C(NC[C@H](O)c1cccc(F)c1)[C@H]1CCO[C@@H]1c1cnn(-c2ccccc2F)c1. The lowest BCUT2D eigenvalue weighted by atomic mass is 9.96. The van der Waals surface area contributed by atoms with Gasteiger partial charge in [-0.2, -0.15) is 5.10 Å². The van der Waals surface area contributed by atoms with E-state index in [4.69, 9.17) is 4.74 Å². The fraction of sp³-hybridized carbons (Fsp3) is 0.273. The first-order chi connectivity index (χ1) is 14.5. The highest BCUT2D eigenvalue weighted by molar-refractivity contribution is 5.79. The summed E-state index contributed by atoms with van der Waals surface area (Å²) in [4.78, 5) is 12.7. The molecule has 0 spiro atoms. The molecule has 1 amide bonds. The summed E-state index contributed by atoms with van der Waals surface area (Å²) < 4.78 is 34.5. The van der Waals surface area contributed by atoms with Crippen LogP contribution in [0.3, 0.4) is 0 Å². The van der Waals surface area contributed by atoms with E-state index in [2.05, 4.69) is 10.4 Å². The zero-order valence-electron chi connectivity index (χ0n) is 16.0. The van der Waals surface area contributed by atoms with Gasteiger partial charge in [0.1, 0.15) is 17.3 Å². The van der Waals surface area contributed by atoms with Gasteiger partial charge < -0.3 is 15.2 Å². The number of carbonyl (C=O) groups excluding carboxylic acids is 1. The lowest BCUT2D eigenvalue weighted by molar-refractivity contribution is -0.127. The van der Waals surface area contributed by atoms with Gasteiger partial charge in [-0.1, -0.05) is 24.3 Å². The molecule has 0 radical (unpaired) electrons. The van der Waals surface area contributed by atoms with Gasteiger partial charge in [-0.15, -0.1) is 0 Å². The van der Waals surface area contributed by atoms with Crippen LogP contribution in [0.1, 0.15) is 29.8 Å². The topological polar surface area (TPSA) is 76.4 Å². The molecule has 30 heavy (non-hydrogen) atoms. The minimum Gasteiger partial charge on any atom is -0.387 e. The Morgan fingerprint density at radius 3 is 2.90 bits per heavy atom. The maximum atomic E-state index is 14.0. The van der Waals surface area contributed by atoms with Crippen molar-refractivity contribution in [2.75, 3.05) is 13.2 Å². The number of rotatable bonds is 6. The lowest BCUT2D eigenvalue weighted by Crippen LogP contribution is -2.35. The molecule has 0 aliphatic carbocycles. The number of benzene rings is 2. The second kappa shape index (κ2) is 8.73. The van der Waals surface area contributed by atoms with Crippen molar-refractivity contribution in [1.82, 2.24) is 15.1 Å². The van der Waals surface area contributed by atoms with Crippen LogP contribution >= 0.6 is 0 Å². The van der Waals surface area contributed by atoms with Crippen LogP contribution < -0.4 is 5.32 Å². The Balaban J connectivity index is 1.42. The predicted octanol–water partition coefficient (Wildman–Crippen LogP) is 3.08. The number of nitrogens with one attached hydrogen (secondary N) is 1. The van der Waals surface area contributed by atoms with Crippen LogP contribution in [0.2, 0.25) is 0 Å². The summed E-state index contributed by atoms with van der Waals surface area (Å²) in [6, 6.07) is 11.9. The van der Waals surface area contributed by atoms with E-state index in [-0.39, 0.29) is 12.5 Å². The molecule has 6 nitrogen and oxygen atoms in total. The van der Waals surface area contributed by atoms with Crippen molar-refractivity contribution in [1.29, 1.82) is 0 Å². The van der Waals surface area contributed by atoms with E-state index in [0.717, 1.165) is 0 Å². The summed E-state index contributed by atoms with van der Waals surface area (Å²) in [5, 5.41) is 17.1. The molecule has 0 bridgehead atoms. The van der Waals surface area contributed by atoms with Crippen LogP contribution in [0.4, 0.5) is 8.78 Å². The molecule has 4 rings (SSSR count). The van der Waals surface area contributed by atoms with Crippen molar-refractivity contribution in [2.24, 2.45) is 5.92 Å². The van der Waals surface area contributed by atoms with Crippen LogP contribution in [0.15, 0.2) is 60.9 Å². The second-order valence-corrected chi connectivity index (χ2v) is 7.17. The molecule has 1 aromatic heterocycles. The Morgan fingerprint density at radius 2 is 2.10 bits per heavy atom. The lowest BCUT2D eigenvalue weighted by Gasteiger charge is -2.18. The number of hydrogen-bond donors (Lipinski definition) is 2. The van der Waals surface area contributed by atoms with Crippen molar-refractivity contribution in [3.63, 3.8) is 0 Å². The summed E-state index contributed by atoms with van der Waals surface area (Å²) in [5.41, 5.74) is 1.36. The fourth-order valence-corrected chi connectivity index (χ4v) is 3.60. The van der Waals surface area contributed by atoms with Gasteiger partial charge in [0, 0.05) is 24.9 Å². The summed E-state index contributed by atoms with van der Waals surface area (Å²) >= 11 is 0. The number of amides is 1. The molecule has 3 atom stereocenters. The van der Waals surface area contributed by atoms with Crippen molar-refractivity contribution >= 4 is 5.91 Å². The highest BCUT2D eigenvalue weighted by atomic mass is 19.1. The van der Waals surface area contributed by atoms with E-state index < -0.39 is 29.8 Å². The van der Waals surface area contributed by atoms with E-state index in [0.29, 0.717) is 29.8 Å².